The van der Waals surface area contributed by atoms with Crippen LogP contribution >= 0.6 is 23.2 Å². The van der Waals surface area contributed by atoms with Gasteiger partial charge in [-0.2, -0.15) is 0 Å². The van der Waals surface area contributed by atoms with Crippen molar-refractivity contribution in [1.82, 2.24) is 0 Å². The highest BCUT2D eigenvalue weighted by molar-refractivity contribution is 6.35. The normalized spacial score (nSPS) is 10.7. The average Bonchev–Trinajstić information content (AvgIpc) is 2.64. The van der Waals surface area contributed by atoms with Crippen molar-refractivity contribution in [2.75, 3.05) is 21.3 Å². The molecule has 0 amide bonds. The minimum atomic E-state index is -0.509. The molecule has 2 rings (SSSR count). The first-order chi connectivity index (χ1) is 12.5. The van der Waals surface area contributed by atoms with Crippen LogP contribution in [0, 0.1) is 0 Å². The van der Waals surface area contributed by atoms with Crippen LogP contribution in [0.1, 0.15) is 11.1 Å². The number of benzene rings is 2. The summed E-state index contributed by atoms with van der Waals surface area (Å²) in [5.74, 6) is 0.956. The summed E-state index contributed by atoms with van der Waals surface area (Å²) in [7, 11) is 4.57. The molecule has 0 aliphatic rings. The predicted octanol–water partition coefficient (Wildman–Crippen LogP) is 4.78. The molecule has 7 heteroatoms. The second-order valence-corrected chi connectivity index (χ2v) is 5.98. The summed E-state index contributed by atoms with van der Waals surface area (Å²) in [6.07, 6.45) is 2.90. The van der Waals surface area contributed by atoms with E-state index in [1.165, 1.54) is 27.4 Å². The lowest BCUT2D eigenvalue weighted by molar-refractivity contribution is -0.138. The quantitative estimate of drug-likeness (QED) is 0.497. The van der Waals surface area contributed by atoms with E-state index >= 15 is 0 Å². The molecule has 0 radical (unpaired) electrons. The van der Waals surface area contributed by atoms with Gasteiger partial charge in [-0.3, -0.25) is 0 Å². The van der Waals surface area contributed by atoms with Gasteiger partial charge in [0.2, 0.25) is 5.75 Å². The van der Waals surface area contributed by atoms with Gasteiger partial charge >= 0.3 is 5.97 Å². The molecule has 0 aliphatic heterocycles. The Morgan fingerprint density at radius 3 is 2.19 bits per heavy atom. The van der Waals surface area contributed by atoms with E-state index in [9.17, 15) is 4.79 Å². The van der Waals surface area contributed by atoms with Crippen LogP contribution in [0.4, 0.5) is 0 Å². The van der Waals surface area contributed by atoms with Crippen molar-refractivity contribution in [2.45, 2.75) is 6.61 Å². The van der Waals surface area contributed by atoms with Gasteiger partial charge in [0.05, 0.1) is 21.3 Å². The summed E-state index contributed by atoms with van der Waals surface area (Å²) in [4.78, 5) is 11.9. The molecule has 2 aromatic carbocycles. The SMILES string of the molecule is COc1cc(C=CC(=O)OCc2ccc(Cl)cc2Cl)cc(OC)c1OC. The molecule has 138 valence electrons. The van der Waals surface area contributed by atoms with Crippen molar-refractivity contribution >= 4 is 35.2 Å². The maximum Gasteiger partial charge on any atom is 0.331 e. The Balaban J connectivity index is 2.07. The lowest BCUT2D eigenvalue weighted by atomic mass is 10.1. The maximum atomic E-state index is 11.9. The van der Waals surface area contributed by atoms with Crippen molar-refractivity contribution in [3.63, 3.8) is 0 Å². The fourth-order valence-corrected chi connectivity index (χ4v) is 2.66. The number of ether oxygens (including phenoxy) is 4. The number of carbonyl (C=O) groups excluding carboxylic acids is 1. The first-order valence-electron chi connectivity index (χ1n) is 7.57. The average molecular weight is 397 g/mol. The minimum absolute atomic E-state index is 0.0500. The Hall–Kier alpha value is -2.37. The summed E-state index contributed by atoms with van der Waals surface area (Å²) in [6, 6.07) is 8.43. The third kappa shape index (κ3) is 5.07. The molecule has 0 fully saturated rings. The van der Waals surface area contributed by atoms with Crippen molar-refractivity contribution in [1.29, 1.82) is 0 Å². The third-order valence-electron chi connectivity index (χ3n) is 3.48. The van der Waals surface area contributed by atoms with Gasteiger partial charge in [0.15, 0.2) is 11.5 Å². The van der Waals surface area contributed by atoms with E-state index in [4.69, 9.17) is 42.1 Å². The minimum Gasteiger partial charge on any atom is -0.493 e. The van der Waals surface area contributed by atoms with Gasteiger partial charge in [0.25, 0.3) is 0 Å². The van der Waals surface area contributed by atoms with E-state index in [2.05, 4.69) is 0 Å². The Labute approximate surface area is 162 Å². The second-order valence-electron chi connectivity index (χ2n) is 5.14. The van der Waals surface area contributed by atoms with Crippen LogP contribution in [0.15, 0.2) is 36.4 Å². The molecule has 5 nitrogen and oxygen atoms in total. The zero-order chi connectivity index (χ0) is 19.1. The van der Waals surface area contributed by atoms with Crippen LogP contribution in [0.2, 0.25) is 10.0 Å². The van der Waals surface area contributed by atoms with Crippen molar-refractivity contribution in [3.8, 4) is 17.2 Å². The molecule has 0 aromatic heterocycles. The smallest absolute Gasteiger partial charge is 0.331 e. The largest absolute Gasteiger partial charge is 0.493 e. The molecule has 0 unspecified atom stereocenters. The van der Waals surface area contributed by atoms with E-state index in [0.29, 0.717) is 38.4 Å². The van der Waals surface area contributed by atoms with Crippen molar-refractivity contribution in [3.05, 3.63) is 57.6 Å². The molecule has 0 heterocycles. The molecular formula is C19H18Cl2O5. The molecular weight excluding hydrogens is 379 g/mol. The summed E-state index contributed by atoms with van der Waals surface area (Å²) in [6.45, 7) is 0.0500. The van der Waals surface area contributed by atoms with Crippen LogP contribution in [0.25, 0.3) is 6.08 Å². The van der Waals surface area contributed by atoms with Gasteiger partial charge in [0, 0.05) is 21.7 Å². The van der Waals surface area contributed by atoms with Crippen LogP contribution in [-0.4, -0.2) is 27.3 Å². The molecule has 0 atom stereocenters. The van der Waals surface area contributed by atoms with Crippen molar-refractivity contribution in [2.24, 2.45) is 0 Å². The monoisotopic (exact) mass is 396 g/mol. The number of hydrogen-bond acceptors (Lipinski definition) is 5. The molecule has 26 heavy (non-hydrogen) atoms. The predicted molar refractivity (Wildman–Crippen MR) is 101 cm³/mol. The summed E-state index contributed by atoms with van der Waals surface area (Å²) >= 11 is 11.9. The summed E-state index contributed by atoms with van der Waals surface area (Å²) < 4.78 is 21.0. The Kier molecular flexibility index (Phi) is 7.18. The first-order valence-corrected chi connectivity index (χ1v) is 8.32. The topological polar surface area (TPSA) is 54.0 Å². The van der Waals surface area contributed by atoms with E-state index in [0.717, 1.165) is 0 Å². The van der Waals surface area contributed by atoms with Gasteiger partial charge in [-0.15, -0.1) is 0 Å². The summed E-state index contributed by atoms with van der Waals surface area (Å²) in [5.41, 5.74) is 1.37. The fourth-order valence-electron chi connectivity index (χ4n) is 2.20. The first kappa shape index (κ1) is 19.9. The van der Waals surface area contributed by atoms with E-state index in [-0.39, 0.29) is 6.61 Å². The molecule has 2 aromatic rings. The van der Waals surface area contributed by atoms with Crippen LogP contribution in [0.3, 0.4) is 0 Å². The third-order valence-corrected chi connectivity index (χ3v) is 4.07. The van der Waals surface area contributed by atoms with Gasteiger partial charge in [-0.25, -0.2) is 4.79 Å². The fraction of sp³-hybridized carbons (Fsp3) is 0.211. The van der Waals surface area contributed by atoms with Gasteiger partial charge in [-0.1, -0.05) is 29.3 Å². The molecule has 0 bridgehead atoms. The van der Waals surface area contributed by atoms with E-state index in [1.807, 2.05) is 0 Å². The number of methoxy groups -OCH3 is 3. The van der Waals surface area contributed by atoms with Gasteiger partial charge < -0.3 is 18.9 Å². The standard InChI is InChI=1S/C19H18Cl2O5/c1-23-16-8-12(9-17(24-2)19(16)25-3)4-7-18(22)26-11-13-5-6-14(20)10-15(13)21/h4-10H,11H2,1-3H3. The van der Waals surface area contributed by atoms with E-state index in [1.54, 1.807) is 36.4 Å². The van der Waals surface area contributed by atoms with Crippen molar-refractivity contribution < 1.29 is 23.7 Å². The maximum absolute atomic E-state index is 11.9. The highest BCUT2D eigenvalue weighted by atomic mass is 35.5. The lowest BCUT2D eigenvalue weighted by Crippen LogP contribution is -2.01. The van der Waals surface area contributed by atoms with Gasteiger partial charge in [-0.05, 0) is 35.9 Å². The highest BCUT2D eigenvalue weighted by Gasteiger charge is 2.12. The Morgan fingerprint density at radius 2 is 1.65 bits per heavy atom. The zero-order valence-corrected chi connectivity index (χ0v) is 16.1. The van der Waals surface area contributed by atoms with Crippen LogP contribution in [-0.2, 0) is 16.1 Å². The Morgan fingerprint density at radius 1 is 1.00 bits per heavy atom. The molecule has 0 aliphatic carbocycles. The van der Waals surface area contributed by atoms with Crippen LogP contribution in [0.5, 0.6) is 17.2 Å². The molecule has 0 saturated carbocycles. The second kappa shape index (κ2) is 9.36. The highest BCUT2D eigenvalue weighted by Crippen LogP contribution is 2.38. The number of carbonyl (C=O) groups is 1. The molecule has 0 spiro atoms. The van der Waals surface area contributed by atoms with Gasteiger partial charge in [0.1, 0.15) is 6.61 Å². The van der Waals surface area contributed by atoms with Crippen LogP contribution < -0.4 is 14.2 Å². The number of hydrogen-bond donors (Lipinski definition) is 0. The summed E-state index contributed by atoms with van der Waals surface area (Å²) in [5, 5.41) is 0.964. The molecule has 0 N–H and O–H groups in total. The van der Waals surface area contributed by atoms with E-state index < -0.39 is 5.97 Å². The lowest BCUT2D eigenvalue weighted by Gasteiger charge is -2.12. The Bertz CT molecular complexity index is 793. The number of rotatable bonds is 7. The number of halogens is 2. The zero-order valence-electron chi connectivity index (χ0n) is 14.5. The number of esters is 1. The molecule has 0 saturated heterocycles.